The smallest absolute Gasteiger partial charge is 0.264 e. The Hall–Kier alpha value is -3.41. The minimum atomic E-state index is -0.150. The van der Waals surface area contributed by atoms with Crippen molar-refractivity contribution in [2.45, 2.75) is 0 Å². The van der Waals surface area contributed by atoms with Crippen LogP contribution in [0.4, 0.5) is 5.69 Å². The lowest BCUT2D eigenvalue weighted by Gasteiger charge is -2.09. The van der Waals surface area contributed by atoms with Gasteiger partial charge < -0.3 is 14.4 Å². The highest BCUT2D eigenvalue weighted by atomic mass is 16.5. The molecule has 0 saturated carbocycles. The molecule has 0 spiro atoms. The molecule has 6 nitrogen and oxygen atoms in total. The molecule has 25 heavy (non-hydrogen) atoms. The quantitative estimate of drug-likeness (QED) is 0.623. The van der Waals surface area contributed by atoms with Crippen LogP contribution in [0.5, 0.6) is 0 Å². The summed E-state index contributed by atoms with van der Waals surface area (Å²) < 4.78 is 7.06. The summed E-state index contributed by atoms with van der Waals surface area (Å²) in [6.45, 7) is 0. The average Bonchev–Trinajstić information content (AvgIpc) is 3.09. The van der Waals surface area contributed by atoms with E-state index in [1.165, 1.54) is 0 Å². The first kappa shape index (κ1) is 15.1. The van der Waals surface area contributed by atoms with Gasteiger partial charge in [-0.15, -0.1) is 0 Å². The molecule has 0 aliphatic heterocycles. The van der Waals surface area contributed by atoms with Gasteiger partial charge in [-0.1, -0.05) is 35.5 Å². The number of nitrogens with one attached hydrogen (secondary N) is 1. The zero-order valence-electron chi connectivity index (χ0n) is 13.9. The Labute approximate surface area is 143 Å². The van der Waals surface area contributed by atoms with E-state index in [9.17, 15) is 4.79 Å². The Morgan fingerprint density at radius 1 is 1.08 bits per heavy atom. The molecule has 4 aromatic rings. The maximum absolute atomic E-state index is 13.0. The van der Waals surface area contributed by atoms with E-state index in [0.29, 0.717) is 16.7 Å². The van der Waals surface area contributed by atoms with Crippen LogP contribution in [0.1, 0.15) is 0 Å². The molecular weight excluding hydrogens is 316 g/mol. The Bertz CT molecular complexity index is 1110. The molecule has 0 radical (unpaired) electrons. The standard InChI is InChI=1S/C19H16N4O2/c1-20-14-8-13(10-21-11-14)15-9-16-17(19(24)23(15)2)18(22-25-16)12-6-4-3-5-7-12/h3-11,20H,1-2H3. The van der Waals surface area contributed by atoms with Crippen LogP contribution in [0.3, 0.4) is 0 Å². The fourth-order valence-electron chi connectivity index (χ4n) is 2.89. The molecule has 1 N–H and O–H groups in total. The van der Waals surface area contributed by atoms with Crippen molar-refractivity contribution in [3.63, 3.8) is 0 Å². The largest absolute Gasteiger partial charge is 0.387 e. The van der Waals surface area contributed by atoms with Crippen molar-refractivity contribution in [3.05, 3.63) is 65.2 Å². The predicted octanol–water partition coefficient (Wildman–Crippen LogP) is 3.30. The summed E-state index contributed by atoms with van der Waals surface area (Å²) in [6.07, 6.45) is 3.44. The molecule has 0 amide bonds. The highest BCUT2D eigenvalue weighted by Gasteiger charge is 2.18. The normalized spacial score (nSPS) is 11.0. The van der Waals surface area contributed by atoms with Gasteiger partial charge in [-0.2, -0.15) is 0 Å². The van der Waals surface area contributed by atoms with Crippen LogP contribution in [0.15, 0.2) is 64.2 Å². The number of rotatable bonds is 3. The van der Waals surface area contributed by atoms with Gasteiger partial charge in [0, 0.05) is 43.7 Å². The van der Waals surface area contributed by atoms with Gasteiger partial charge in [0.2, 0.25) is 0 Å². The fourth-order valence-corrected chi connectivity index (χ4v) is 2.89. The SMILES string of the molecule is CNc1cncc(-c2cc3onc(-c4ccccc4)c3c(=O)n2C)c1. The zero-order chi connectivity index (χ0) is 17.4. The third kappa shape index (κ3) is 2.48. The summed E-state index contributed by atoms with van der Waals surface area (Å²) in [7, 11) is 3.57. The highest BCUT2D eigenvalue weighted by molar-refractivity contribution is 5.92. The molecule has 0 bridgehead atoms. The van der Waals surface area contributed by atoms with E-state index < -0.39 is 0 Å². The zero-order valence-corrected chi connectivity index (χ0v) is 13.9. The summed E-state index contributed by atoms with van der Waals surface area (Å²) in [5.41, 5.74) is 4.14. The minimum Gasteiger partial charge on any atom is -0.387 e. The monoisotopic (exact) mass is 332 g/mol. The molecule has 0 unspecified atom stereocenters. The predicted molar refractivity (Wildman–Crippen MR) is 97.5 cm³/mol. The van der Waals surface area contributed by atoms with Crippen molar-refractivity contribution in [1.29, 1.82) is 0 Å². The van der Waals surface area contributed by atoms with Crippen LogP contribution < -0.4 is 10.9 Å². The maximum Gasteiger partial charge on any atom is 0.264 e. The van der Waals surface area contributed by atoms with Crippen molar-refractivity contribution in [3.8, 4) is 22.5 Å². The third-order valence-corrected chi connectivity index (χ3v) is 4.24. The first-order valence-electron chi connectivity index (χ1n) is 7.87. The Kier molecular flexibility index (Phi) is 3.57. The lowest BCUT2D eigenvalue weighted by Crippen LogP contribution is -2.18. The molecule has 4 rings (SSSR count). The van der Waals surface area contributed by atoms with Crippen molar-refractivity contribution >= 4 is 16.7 Å². The molecule has 0 atom stereocenters. The van der Waals surface area contributed by atoms with E-state index in [4.69, 9.17) is 4.52 Å². The van der Waals surface area contributed by atoms with Gasteiger partial charge in [0.05, 0.1) is 11.4 Å². The second-order valence-corrected chi connectivity index (χ2v) is 5.74. The van der Waals surface area contributed by atoms with Crippen LogP contribution >= 0.6 is 0 Å². The van der Waals surface area contributed by atoms with Gasteiger partial charge in [0.15, 0.2) is 5.58 Å². The van der Waals surface area contributed by atoms with Gasteiger partial charge in [0.25, 0.3) is 5.56 Å². The van der Waals surface area contributed by atoms with E-state index in [-0.39, 0.29) is 5.56 Å². The summed E-state index contributed by atoms with van der Waals surface area (Å²) in [6, 6.07) is 13.3. The fraction of sp³-hybridized carbons (Fsp3) is 0.105. The maximum atomic E-state index is 13.0. The van der Waals surface area contributed by atoms with E-state index in [1.807, 2.05) is 49.5 Å². The van der Waals surface area contributed by atoms with Crippen LogP contribution in [0, 0.1) is 0 Å². The first-order chi connectivity index (χ1) is 12.2. The summed E-state index contributed by atoms with van der Waals surface area (Å²) >= 11 is 0. The second kappa shape index (κ2) is 5.90. The number of nitrogens with zero attached hydrogens (tertiary/aromatic N) is 3. The highest BCUT2D eigenvalue weighted by Crippen LogP contribution is 2.28. The molecule has 3 heterocycles. The van der Waals surface area contributed by atoms with Gasteiger partial charge in [-0.05, 0) is 6.07 Å². The number of hydrogen-bond donors (Lipinski definition) is 1. The number of aromatic nitrogens is 3. The Morgan fingerprint density at radius 2 is 1.88 bits per heavy atom. The van der Waals surface area contributed by atoms with Crippen LogP contribution in [0.25, 0.3) is 33.5 Å². The summed E-state index contributed by atoms with van der Waals surface area (Å²) in [5, 5.41) is 7.65. The molecule has 0 fully saturated rings. The lowest BCUT2D eigenvalue weighted by molar-refractivity contribution is 0.459. The molecule has 1 aromatic carbocycles. The minimum absolute atomic E-state index is 0.150. The molecule has 0 aliphatic rings. The molecular formula is C19H16N4O2. The van der Waals surface area contributed by atoms with Gasteiger partial charge in [-0.3, -0.25) is 9.78 Å². The van der Waals surface area contributed by atoms with Crippen molar-refractivity contribution in [1.82, 2.24) is 14.7 Å². The molecule has 0 aliphatic carbocycles. The lowest BCUT2D eigenvalue weighted by atomic mass is 10.1. The topological polar surface area (TPSA) is 73.0 Å². The summed E-state index contributed by atoms with van der Waals surface area (Å²) in [4.78, 5) is 17.2. The second-order valence-electron chi connectivity index (χ2n) is 5.74. The molecule has 0 saturated heterocycles. The van der Waals surface area contributed by atoms with E-state index in [1.54, 1.807) is 24.0 Å². The van der Waals surface area contributed by atoms with Crippen LogP contribution in [0.2, 0.25) is 0 Å². The van der Waals surface area contributed by atoms with E-state index in [0.717, 1.165) is 22.5 Å². The van der Waals surface area contributed by atoms with Crippen LogP contribution in [-0.4, -0.2) is 21.8 Å². The first-order valence-corrected chi connectivity index (χ1v) is 7.87. The van der Waals surface area contributed by atoms with Gasteiger partial charge >= 0.3 is 0 Å². The Balaban J connectivity index is 1.96. The third-order valence-electron chi connectivity index (χ3n) is 4.24. The molecule has 124 valence electrons. The number of benzene rings is 1. The van der Waals surface area contributed by atoms with Crippen molar-refractivity contribution in [2.75, 3.05) is 12.4 Å². The van der Waals surface area contributed by atoms with E-state index >= 15 is 0 Å². The van der Waals surface area contributed by atoms with Crippen molar-refractivity contribution < 1.29 is 4.52 Å². The van der Waals surface area contributed by atoms with Gasteiger partial charge in [0.1, 0.15) is 11.1 Å². The number of anilines is 1. The van der Waals surface area contributed by atoms with E-state index in [2.05, 4.69) is 15.5 Å². The number of fused-ring (bicyclic) bond motifs is 1. The van der Waals surface area contributed by atoms with Gasteiger partial charge in [-0.25, -0.2) is 0 Å². The number of pyridine rings is 2. The van der Waals surface area contributed by atoms with Crippen LogP contribution in [-0.2, 0) is 7.05 Å². The Morgan fingerprint density at radius 3 is 2.64 bits per heavy atom. The van der Waals surface area contributed by atoms with Crippen molar-refractivity contribution in [2.24, 2.45) is 7.05 Å². The molecule has 6 heteroatoms. The molecule has 3 aromatic heterocycles. The number of hydrogen-bond acceptors (Lipinski definition) is 5. The average molecular weight is 332 g/mol. The summed E-state index contributed by atoms with van der Waals surface area (Å²) in [5.74, 6) is 0.